The van der Waals surface area contributed by atoms with E-state index in [9.17, 15) is 4.79 Å². The fraction of sp³-hybridized carbons (Fsp3) is 0.923. The summed E-state index contributed by atoms with van der Waals surface area (Å²) in [5, 5.41) is 6.17. The van der Waals surface area contributed by atoms with Crippen LogP contribution in [0.1, 0.15) is 40.0 Å². The van der Waals surface area contributed by atoms with Crippen molar-refractivity contribution in [2.24, 2.45) is 5.92 Å². The number of ether oxygens (including phenoxy) is 1. The Bertz CT molecular complexity index is 225. The Morgan fingerprint density at radius 3 is 2.71 bits per heavy atom. The molecular formula is C13H26N2O2. The largest absolute Gasteiger partial charge is 0.377 e. The molecule has 0 radical (unpaired) electrons. The first-order valence-corrected chi connectivity index (χ1v) is 6.72. The maximum atomic E-state index is 11.7. The molecule has 17 heavy (non-hydrogen) atoms. The third kappa shape index (κ3) is 6.03. The lowest BCUT2D eigenvalue weighted by molar-refractivity contribution is -0.123. The summed E-state index contributed by atoms with van der Waals surface area (Å²) in [6.45, 7) is 8.46. The van der Waals surface area contributed by atoms with Crippen molar-refractivity contribution in [1.29, 1.82) is 0 Å². The van der Waals surface area contributed by atoms with Crippen LogP contribution in [0.5, 0.6) is 0 Å². The second-order valence-corrected chi connectivity index (χ2v) is 5.26. The molecule has 1 aliphatic heterocycles. The van der Waals surface area contributed by atoms with Crippen LogP contribution in [0.15, 0.2) is 0 Å². The molecular weight excluding hydrogens is 216 g/mol. The Morgan fingerprint density at radius 1 is 1.35 bits per heavy atom. The molecule has 1 heterocycles. The highest BCUT2D eigenvalue weighted by molar-refractivity contribution is 5.81. The second kappa shape index (κ2) is 7.67. The maximum Gasteiger partial charge on any atom is 0.236 e. The molecule has 0 bridgehead atoms. The van der Waals surface area contributed by atoms with Gasteiger partial charge >= 0.3 is 0 Å². The van der Waals surface area contributed by atoms with E-state index in [1.807, 2.05) is 6.92 Å². The summed E-state index contributed by atoms with van der Waals surface area (Å²) in [7, 11) is 0. The molecule has 4 heteroatoms. The average Bonchev–Trinajstić information content (AvgIpc) is 2.34. The van der Waals surface area contributed by atoms with E-state index in [0.717, 1.165) is 26.1 Å². The van der Waals surface area contributed by atoms with Crippen LogP contribution in [0.2, 0.25) is 0 Å². The lowest BCUT2D eigenvalue weighted by Crippen LogP contribution is -2.46. The zero-order valence-electron chi connectivity index (χ0n) is 11.3. The summed E-state index contributed by atoms with van der Waals surface area (Å²) in [5.41, 5.74) is 0. The van der Waals surface area contributed by atoms with E-state index >= 15 is 0 Å². The molecule has 4 nitrogen and oxygen atoms in total. The molecule has 0 aliphatic carbocycles. The minimum atomic E-state index is -0.140. The molecule has 2 atom stereocenters. The van der Waals surface area contributed by atoms with Gasteiger partial charge in [0.1, 0.15) is 0 Å². The normalized spacial score (nSPS) is 22.5. The van der Waals surface area contributed by atoms with E-state index in [1.165, 1.54) is 12.8 Å². The van der Waals surface area contributed by atoms with Crippen molar-refractivity contribution in [3.05, 3.63) is 0 Å². The van der Waals surface area contributed by atoms with Crippen molar-refractivity contribution in [3.8, 4) is 0 Å². The third-order valence-electron chi connectivity index (χ3n) is 3.00. The average molecular weight is 242 g/mol. The molecule has 1 rings (SSSR count). The van der Waals surface area contributed by atoms with Crippen molar-refractivity contribution in [1.82, 2.24) is 10.6 Å². The van der Waals surface area contributed by atoms with Crippen LogP contribution < -0.4 is 10.6 Å². The predicted molar refractivity (Wildman–Crippen MR) is 68.9 cm³/mol. The van der Waals surface area contributed by atoms with Gasteiger partial charge in [0.15, 0.2) is 0 Å². The lowest BCUT2D eigenvalue weighted by atomic mass is 10.1. The fourth-order valence-electron chi connectivity index (χ4n) is 1.83. The van der Waals surface area contributed by atoms with E-state index in [-0.39, 0.29) is 18.1 Å². The Kier molecular flexibility index (Phi) is 6.52. The maximum absolute atomic E-state index is 11.7. The van der Waals surface area contributed by atoms with Crippen molar-refractivity contribution in [2.75, 3.05) is 19.7 Å². The summed E-state index contributed by atoms with van der Waals surface area (Å²) in [5.74, 6) is 0.572. The van der Waals surface area contributed by atoms with Crippen LogP contribution >= 0.6 is 0 Å². The second-order valence-electron chi connectivity index (χ2n) is 5.26. The van der Waals surface area contributed by atoms with Gasteiger partial charge in [-0.2, -0.15) is 0 Å². The SMILES string of the molecule is CC(C)CNC(=O)C(C)NCC1CCCCO1. The van der Waals surface area contributed by atoms with Crippen LogP contribution in [0, 0.1) is 5.92 Å². The fourth-order valence-corrected chi connectivity index (χ4v) is 1.83. The van der Waals surface area contributed by atoms with E-state index in [0.29, 0.717) is 5.92 Å². The van der Waals surface area contributed by atoms with Crippen molar-refractivity contribution in [2.45, 2.75) is 52.2 Å². The molecule has 0 aromatic rings. The van der Waals surface area contributed by atoms with Crippen molar-refractivity contribution in [3.63, 3.8) is 0 Å². The number of amides is 1. The van der Waals surface area contributed by atoms with Crippen LogP contribution in [-0.2, 0) is 9.53 Å². The van der Waals surface area contributed by atoms with E-state index in [2.05, 4.69) is 24.5 Å². The van der Waals surface area contributed by atoms with Gasteiger partial charge in [0.25, 0.3) is 0 Å². The van der Waals surface area contributed by atoms with Crippen LogP contribution in [-0.4, -0.2) is 37.7 Å². The summed E-state index contributed by atoms with van der Waals surface area (Å²) >= 11 is 0. The van der Waals surface area contributed by atoms with Crippen LogP contribution in [0.25, 0.3) is 0 Å². The van der Waals surface area contributed by atoms with Gasteiger partial charge in [0.2, 0.25) is 5.91 Å². The van der Waals surface area contributed by atoms with Gasteiger partial charge in [-0.15, -0.1) is 0 Å². The number of carbonyl (C=O) groups is 1. The number of rotatable bonds is 6. The Balaban J connectivity index is 2.14. The quantitative estimate of drug-likeness (QED) is 0.738. The molecule has 1 amide bonds. The molecule has 0 spiro atoms. The number of carbonyl (C=O) groups excluding carboxylic acids is 1. The highest BCUT2D eigenvalue weighted by atomic mass is 16.5. The lowest BCUT2D eigenvalue weighted by Gasteiger charge is -2.24. The van der Waals surface area contributed by atoms with Gasteiger partial charge in [0.05, 0.1) is 12.1 Å². The summed E-state index contributed by atoms with van der Waals surface area (Å²) in [6.07, 6.45) is 3.79. The molecule has 0 saturated carbocycles. The molecule has 0 aromatic carbocycles. The van der Waals surface area contributed by atoms with Crippen LogP contribution in [0.3, 0.4) is 0 Å². The van der Waals surface area contributed by atoms with Crippen molar-refractivity contribution < 1.29 is 9.53 Å². The summed E-state index contributed by atoms with van der Waals surface area (Å²) < 4.78 is 5.61. The minimum Gasteiger partial charge on any atom is -0.377 e. The molecule has 1 saturated heterocycles. The molecule has 100 valence electrons. The van der Waals surface area contributed by atoms with Gasteiger partial charge in [0, 0.05) is 19.7 Å². The van der Waals surface area contributed by atoms with Gasteiger partial charge in [-0.25, -0.2) is 0 Å². The summed E-state index contributed by atoms with van der Waals surface area (Å²) in [6, 6.07) is -0.140. The van der Waals surface area contributed by atoms with Gasteiger partial charge < -0.3 is 15.4 Å². The summed E-state index contributed by atoms with van der Waals surface area (Å²) in [4.78, 5) is 11.7. The first-order valence-electron chi connectivity index (χ1n) is 6.72. The van der Waals surface area contributed by atoms with E-state index < -0.39 is 0 Å². The molecule has 1 aliphatic rings. The number of hydrogen-bond donors (Lipinski definition) is 2. The highest BCUT2D eigenvalue weighted by Crippen LogP contribution is 2.11. The Labute approximate surface area is 104 Å². The van der Waals surface area contributed by atoms with E-state index in [1.54, 1.807) is 0 Å². The highest BCUT2D eigenvalue weighted by Gasteiger charge is 2.17. The third-order valence-corrected chi connectivity index (χ3v) is 3.00. The first-order chi connectivity index (χ1) is 8.09. The molecule has 0 aromatic heterocycles. The van der Waals surface area contributed by atoms with Crippen LogP contribution in [0.4, 0.5) is 0 Å². The molecule has 1 fully saturated rings. The molecule has 2 N–H and O–H groups in total. The zero-order valence-corrected chi connectivity index (χ0v) is 11.3. The monoisotopic (exact) mass is 242 g/mol. The zero-order chi connectivity index (χ0) is 12.7. The van der Waals surface area contributed by atoms with Crippen molar-refractivity contribution >= 4 is 5.91 Å². The molecule has 2 unspecified atom stereocenters. The van der Waals surface area contributed by atoms with Gasteiger partial charge in [-0.1, -0.05) is 13.8 Å². The van der Waals surface area contributed by atoms with Gasteiger partial charge in [-0.05, 0) is 32.1 Å². The topological polar surface area (TPSA) is 50.4 Å². The first kappa shape index (κ1) is 14.5. The Hall–Kier alpha value is -0.610. The number of hydrogen-bond acceptors (Lipinski definition) is 3. The minimum absolute atomic E-state index is 0.0782. The smallest absolute Gasteiger partial charge is 0.236 e. The van der Waals surface area contributed by atoms with Gasteiger partial charge in [-0.3, -0.25) is 4.79 Å². The van der Waals surface area contributed by atoms with E-state index in [4.69, 9.17) is 4.74 Å². The number of nitrogens with one attached hydrogen (secondary N) is 2. The Morgan fingerprint density at radius 2 is 2.12 bits per heavy atom. The predicted octanol–water partition coefficient (Wildman–Crippen LogP) is 1.31. The standard InChI is InChI=1S/C13H26N2O2/c1-10(2)8-15-13(16)11(3)14-9-12-6-4-5-7-17-12/h10-12,14H,4-9H2,1-3H3,(H,15,16).